The van der Waals surface area contributed by atoms with Gasteiger partial charge in [0.05, 0.1) is 13.0 Å². The van der Waals surface area contributed by atoms with Crippen LogP contribution >= 0.6 is 0 Å². The number of carbonyl (C=O) groups excluding carboxylic acids is 1. The van der Waals surface area contributed by atoms with Gasteiger partial charge in [-0.2, -0.15) is 0 Å². The molecular weight excluding hydrogens is 542 g/mol. The predicted octanol–water partition coefficient (Wildman–Crippen LogP) is 8.99. The van der Waals surface area contributed by atoms with E-state index in [9.17, 15) is 4.79 Å². The van der Waals surface area contributed by atoms with Crippen molar-refractivity contribution < 1.29 is 14.3 Å². The molecule has 4 aromatic rings. The number of hydrogen-bond acceptors (Lipinski definition) is 4. The van der Waals surface area contributed by atoms with Crippen molar-refractivity contribution in [1.29, 1.82) is 0 Å². The van der Waals surface area contributed by atoms with E-state index in [1.807, 2.05) is 36.4 Å². The van der Waals surface area contributed by atoms with Gasteiger partial charge < -0.3 is 9.47 Å². The van der Waals surface area contributed by atoms with E-state index in [-0.39, 0.29) is 11.9 Å². The Bertz CT molecular complexity index is 1400. The van der Waals surface area contributed by atoms with Gasteiger partial charge in [0, 0.05) is 12.1 Å². The summed E-state index contributed by atoms with van der Waals surface area (Å²) in [5.74, 6) is 1.89. The van der Waals surface area contributed by atoms with Crippen molar-refractivity contribution in [2.24, 2.45) is 5.92 Å². The molecule has 0 aromatic heterocycles. The standard InChI is InChI=1S/C40H47NO3/c1-4-37(32-18-21-36(43-3)22-19-32)38(5-2)33-20-23-39(35(28-33)29-41-24-12-13-25-41)44-40(42)34(26-30-14-8-6-9-15-30)27-31-16-10-7-11-17-31/h6-11,14-23,28,34,37-38H,4-5,12-13,24-27,29H2,1-3H3. The molecule has 230 valence electrons. The summed E-state index contributed by atoms with van der Waals surface area (Å²) in [5.41, 5.74) is 6.05. The minimum absolute atomic E-state index is 0.162. The van der Waals surface area contributed by atoms with Crippen LogP contribution in [0.25, 0.3) is 0 Å². The van der Waals surface area contributed by atoms with Crippen molar-refractivity contribution in [2.75, 3.05) is 20.2 Å². The Balaban J connectivity index is 1.43. The third kappa shape index (κ3) is 8.18. The normalized spacial score (nSPS) is 14.8. The van der Waals surface area contributed by atoms with Crippen molar-refractivity contribution in [3.05, 3.63) is 131 Å². The Labute approximate surface area is 264 Å². The van der Waals surface area contributed by atoms with Crippen LogP contribution in [-0.4, -0.2) is 31.1 Å². The molecule has 0 aliphatic carbocycles. The van der Waals surface area contributed by atoms with Crippen LogP contribution in [0.5, 0.6) is 11.5 Å². The molecule has 1 aliphatic heterocycles. The summed E-state index contributed by atoms with van der Waals surface area (Å²) in [4.78, 5) is 16.4. The fraction of sp³-hybridized carbons (Fsp3) is 0.375. The van der Waals surface area contributed by atoms with Crippen LogP contribution in [0.2, 0.25) is 0 Å². The lowest BCUT2D eigenvalue weighted by Crippen LogP contribution is -2.26. The van der Waals surface area contributed by atoms with Crippen LogP contribution in [0, 0.1) is 5.92 Å². The highest BCUT2D eigenvalue weighted by Crippen LogP contribution is 2.40. The number of esters is 1. The Morgan fingerprint density at radius 3 is 1.82 bits per heavy atom. The Morgan fingerprint density at radius 2 is 1.27 bits per heavy atom. The van der Waals surface area contributed by atoms with Crippen molar-refractivity contribution in [1.82, 2.24) is 4.90 Å². The highest BCUT2D eigenvalue weighted by Gasteiger charge is 2.27. The van der Waals surface area contributed by atoms with E-state index in [4.69, 9.17) is 9.47 Å². The summed E-state index contributed by atoms with van der Waals surface area (Å²) in [6, 6.07) is 35.7. The first-order valence-corrected chi connectivity index (χ1v) is 16.4. The van der Waals surface area contributed by atoms with Gasteiger partial charge in [-0.05, 0) is 104 Å². The lowest BCUT2D eigenvalue weighted by atomic mass is 9.78. The summed E-state index contributed by atoms with van der Waals surface area (Å²) < 4.78 is 11.8. The van der Waals surface area contributed by atoms with Crippen LogP contribution in [0.1, 0.15) is 79.2 Å². The van der Waals surface area contributed by atoms with E-state index in [2.05, 4.69) is 85.5 Å². The molecule has 1 heterocycles. The number of nitrogens with zero attached hydrogens (tertiary/aromatic N) is 1. The molecule has 2 unspecified atom stereocenters. The molecule has 4 nitrogen and oxygen atoms in total. The molecule has 1 saturated heterocycles. The molecule has 1 aliphatic rings. The maximum absolute atomic E-state index is 13.9. The third-order valence-corrected chi connectivity index (χ3v) is 9.21. The highest BCUT2D eigenvalue weighted by atomic mass is 16.5. The Kier molecular flexibility index (Phi) is 11.3. The first-order chi connectivity index (χ1) is 21.6. The minimum atomic E-state index is -0.276. The highest BCUT2D eigenvalue weighted by molar-refractivity contribution is 5.76. The van der Waals surface area contributed by atoms with Gasteiger partial charge in [0.2, 0.25) is 0 Å². The van der Waals surface area contributed by atoms with Gasteiger partial charge in [0.15, 0.2) is 0 Å². The zero-order valence-electron chi connectivity index (χ0n) is 26.6. The second kappa shape index (κ2) is 15.7. The largest absolute Gasteiger partial charge is 0.497 e. The lowest BCUT2D eigenvalue weighted by Gasteiger charge is -2.28. The van der Waals surface area contributed by atoms with Gasteiger partial charge in [0.25, 0.3) is 0 Å². The summed E-state index contributed by atoms with van der Waals surface area (Å²) in [5, 5.41) is 0. The smallest absolute Gasteiger partial charge is 0.315 e. The molecule has 0 bridgehead atoms. The number of likely N-dealkylation sites (tertiary alicyclic amines) is 1. The molecule has 2 atom stereocenters. The monoisotopic (exact) mass is 589 g/mol. The molecule has 0 saturated carbocycles. The number of hydrogen-bond donors (Lipinski definition) is 0. The predicted molar refractivity (Wildman–Crippen MR) is 179 cm³/mol. The van der Waals surface area contributed by atoms with Crippen LogP contribution in [0.15, 0.2) is 103 Å². The van der Waals surface area contributed by atoms with Gasteiger partial charge in [0.1, 0.15) is 11.5 Å². The topological polar surface area (TPSA) is 38.8 Å². The number of ether oxygens (including phenoxy) is 2. The van der Waals surface area contributed by atoms with Gasteiger partial charge >= 0.3 is 5.97 Å². The molecule has 0 N–H and O–H groups in total. The summed E-state index contributed by atoms with van der Waals surface area (Å²) in [6.45, 7) is 7.53. The van der Waals surface area contributed by atoms with Crippen LogP contribution in [0.4, 0.5) is 0 Å². The van der Waals surface area contributed by atoms with Gasteiger partial charge in [-0.25, -0.2) is 0 Å². The minimum Gasteiger partial charge on any atom is -0.497 e. The average molecular weight is 590 g/mol. The van der Waals surface area contributed by atoms with E-state index in [1.54, 1.807) is 7.11 Å². The van der Waals surface area contributed by atoms with Crippen LogP contribution < -0.4 is 9.47 Å². The van der Waals surface area contributed by atoms with E-state index in [1.165, 1.54) is 24.0 Å². The number of benzene rings is 4. The molecule has 0 radical (unpaired) electrons. The maximum atomic E-state index is 13.9. The van der Waals surface area contributed by atoms with E-state index in [0.29, 0.717) is 30.4 Å². The molecule has 0 amide bonds. The summed E-state index contributed by atoms with van der Waals surface area (Å²) in [7, 11) is 1.71. The molecule has 5 rings (SSSR count). The fourth-order valence-corrected chi connectivity index (χ4v) is 6.82. The van der Waals surface area contributed by atoms with Gasteiger partial charge in [-0.3, -0.25) is 9.69 Å². The van der Waals surface area contributed by atoms with Gasteiger partial charge in [-0.1, -0.05) is 98.8 Å². The maximum Gasteiger partial charge on any atom is 0.315 e. The van der Waals surface area contributed by atoms with Crippen molar-refractivity contribution in [2.45, 2.75) is 70.8 Å². The Hall–Kier alpha value is -3.89. The van der Waals surface area contributed by atoms with Crippen LogP contribution in [0.3, 0.4) is 0 Å². The second-order valence-corrected chi connectivity index (χ2v) is 12.2. The lowest BCUT2D eigenvalue weighted by molar-refractivity contribution is -0.139. The van der Waals surface area contributed by atoms with Crippen molar-refractivity contribution in [3.63, 3.8) is 0 Å². The van der Waals surface area contributed by atoms with Crippen LogP contribution in [-0.2, 0) is 24.2 Å². The number of carbonyl (C=O) groups is 1. The molecule has 0 spiro atoms. The summed E-state index contributed by atoms with van der Waals surface area (Å²) in [6.07, 6.45) is 5.81. The quantitative estimate of drug-likeness (QED) is 0.109. The third-order valence-electron chi connectivity index (χ3n) is 9.21. The first kappa shape index (κ1) is 31.5. The molecule has 4 heteroatoms. The molecule has 4 aromatic carbocycles. The number of rotatable bonds is 14. The Morgan fingerprint density at radius 1 is 0.727 bits per heavy atom. The summed E-state index contributed by atoms with van der Waals surface area (Å²) >= 11 is 0. The molecule has 1 fully saturated rings. The zero-order valence-corrected chi connectivity index (χ0v) is 26.6. The van der Waals surface area contributed by atoms with Crippen molar-refractivity contribution >= 4 is 5.97 Å². The average Bonchev–Trinajstić information content (AvgIpc) is 3.58. The zero-order chi connectivity index (χ0) is 30.7. The molecular formula is C40H47NO3. The molecule has 44 heavy (non-hydrogen) atoms. The van der Waals surface area contributed by atoms with E-state index in [0.717, 1.165) is 54.9 Å². The fourth-order valence-electron chi connectivity index (χ4n) is 6.82. The van der Waals surface area contributed by atoms with Crippen molar-refractivity contribution in [3.8, 4) is 11.5 Å². The second-order valence-electron chi connectivity index (χ2n) is 12.2. The van der Waals surface area contributed by atoms with E-state index < -0.39 is 0 Å². The SMILES string of the molecule is CCC(c1ccc(OC)cc1)C(CC)c1ccc(OC(=O)C(Cc2ccccc2)Cc2ccccc2)c(CN2CCCC2)c1. The van der Waals surface area contributed by atoms with Gasteiger partial charge in [-0.15, -0.1) is 0 Å². The first-order valence-electron chi connectivity index (χ1n) is 16.4. The van der Waals surface area contributed by atoms with E-state index >= 15 is 0 Å². The number of methoxy groups -OCH3 is 1.